The number of rotatable bonds is 8. The molecule has 0 bridgehead atoms. The number of hydrogen-bond acceptors (Lipinski definition) is 3. The summed E-state index contributed by atoms with van der Waals surface area (Å²) in [7, 11) is 0. The Morgan fingerprint density at radius 1 is 0.270 bits per heavy atom. The van der Waals surface area contributed by atoms with Gasteiger partial charge in [0.25, 0.3) is 0 Å². The second-order valence-electron chi connectivity index (χ2n) is 16.1. The molecule has 63 heavy (non-hydrogen) atoms. The highest BCUT2D eigenvalue weighted by atomic mass is 16.3. The fourth-order valence-electron chi connectivity index (χ4n) is 9.16. The second kappa shape index (κ2) is 15.3. The summed E-state index contributed by atoms with van der Waals surface area (Å²) in [6.45, 7) is 0. The lowest BCUT2D eigenvalue weighted by atomic mass is 9.98. The van der Waals surface area contributed by atoms with Gasteiger partial charge in [-0.2, -0.15) is 0 Å². The van der Waals surface area contributed by atoms with E-state index >= 15 is 0 Å². The molecule has 0 atom stereocenters. The van der Waals surface area contributed by atoms with Crippen molar-refractivity contribution in [3.8, 4) is 55.6 Å². The third-order valence-electron chi connectivity index (χ3n) is 12.3. The summed E-state index contributed by atoms with van der Waals surface area (Å²) in [4.78, 5) is 2.36. The molecule has 3 heteroatoms. The van der Waals surface area contributed by atoms with Crippen molar-refractivity contribution in [2.24, 2.45) is 0 Å². The largest absolute Gasteiger partial charge is 0.456 e. The van der Waals surface area contributed by atoms with Crippen LogP contribution in [0.15, 0.2) is 245 Å². The lowest BCUT2D eigenvalue weighted by Crippen LogP contribution is -2.10. The molecule has 0 radical (unpaired) electrons. The number of hydrogen-bond donors (Lipinski definition) is 0. The monoisotopic (exact) mass is 805 g/mol. The number of benzene rings is 10. The molecule has 2 aromatic heterocycles. The molecule has 0 aliphatic rings. The summed E-state index contributed by atoms with van der Waals surface area (Å²) in [5.74, 6) is 0. The molecule has 2 heterocycles. The topological polar surface area (TPSA) is 29.5 Å². The van der Waals surface area contributed by atoms with Crippen LogP contribution in [0.1, 0.15) is 0 Å². The van der Waals surface area contributed by atoms with Gasteiger partial charge in [-0.1, -0.05) is 170 Å². The van der Waals surface area contributed by atoms with E-state index in [0.717, 1.165) is 105 Å². The highest BCUT2D eigenvalue weighted by Crippen LogP contribution is 2.48. The number of fused-ring (bicyclic) bond motifs is 6. The van der Waals surface area contributed by atoms with Crippen molar-refractivity contribution in [2.75, 3.05) is 4.90 Å². The van der Waals surface area contributed by atoms with Crippen molar-refractivity contribution in [2.45, 2.75) is 0 Å². The molecule has 0 unspecified atom stereocenters. The maximum absolute atomic E-state index is 7.02. The van der Waals surface area contributed by atoms with Crippen LogP contribution in [0.3, 0.4) is 0 Å². The summed E-state index contributed by atoms with van der Waals surface area (Å²) in [5, 5.41) is 4.26. The number of furan rings is 2. The van der Waals surface area contributed by atoms with Crippen LogP contribution in [0, 0.1) is 0 Å². The molecule has 296 valence electrons. The van der Waals surface area contributed by atoms with Gasteiger partial charge in [0, 0.05) is 39.2 Å². The van der Waals surface area contributed by atoms with Crippen molar-refractivity contribution in [1.29, 1.82) is 0 Å². The summed E-state index contributed by atoms with van der Waals surface area (Å²) >= 11 is 0. The third kappa shape index (κ3) is 6.55. The molecule has 0 aliphatic heterocycles. The fourth-order valence-corrected chi connectivity index (χ4v) is 9.16. The Kier molecular flexibility index (Phi) is 8.83. The smallest absolute Gasteiger partial charge is 0.145 e. The Bertz CT molecular complexity index is 3590. The Morgan fingerprint density at radius 2 is 0.698 bits per heavy atom. The molecule has 12 aromatic rings. The highest BCUT2D eigenvalue weighted by molar-refractivity contribution is 6.18. The first-order chi connectivity index (χ1) is 31.2. The molecular formula is C60H39NO2. The lowest BCUT2D eigenvalue weighted by molar-refractivity contribution is 0.669. The molecule has 0 N–H and O–H groups in total. The third-order valence-corrected chi connectivity index (χ3v) is 12.3. The molecule has 12 rings (SSSR count). The van der Waals surface area contributed by atoms with Crippen molar-refractivity contribution in [1.82, 2.24) is 0 Å². The standard InChI is InChI=1S/C60H39NO2/c1-5-14-40(15-6-1)43-24-26-44(27-25-43)46-22-13-23-49(36-46)61(50-30-33-53-52-31-28-47(41-16-7-2-8-17-41)37-56(52)62-58(53)39-50)55-35-34-51(45-20-11-4-12-21-45)60-59(55)54-32-29-48(38-57(54)63-60)42-18-9-3-10-19-42/h1-39H. The first kappa shape index (κ1) is 36.5. The molecule has 0 fully saturated rings. The van der Waals surface area contributed by atoms with E-state index in [1.54, 1.807) is 0 Å². The highest BCUT2D eigenvalue weighted by Gasteiger charge is 2.24. The van der Waals surface area contributed by atoms with Crippen LogP contribution in [0.4, 0.5) is 17.1 Å². The average molecular weight is 806 g/mol. The fraction of sp³-hybridized carbons (Fsp3) is 0. The molecule has 0 spiro atoms. The Morgan fingerprint density at radius 3 is 1.32 bits per heavy atom. The first-order valence-corrected chi connectivity index (χ1v) is 21.4. The van der Waals surface area contributed by atoms with E-state index < -0.39 is 0 Å². The van der Waals surface area contributed by atoms with Crippen molar-refractivity contribution < 1.29 is 8.83 Å². The van der Waals surface area contributed by atoms with Gasteiger partial charge in [0.15, 0.2) is 0 Å². The second-order valence-corrected chi connectivity index (χ2v) is 16.1. The van der Waals surface area contributed by atoms with Crippen molar-refractivity contribution in [3.05, 3.63) is 237 Å². The van der Waals surface area contributed by atoms with Crippen LogP contribution < -0.4 is 4.90 Å². The Balaban J connectivity index is 1.07. The summed E-state index contributed by atoms with van der Waals surface area (Å²) in [5.41, 5.74) is 17.7. The predicted molar refractivity (Wildman–Crippen MR) is 263 cm³/mol. The van der Waals surface area contributed by atoms with E-state index in [0.29, 0.717) is 0 Å². The van der Waals surface area contributed by atoms with Crippen molar-refractivity contribution >= 4 is 60.9 Å². The van der Waals surface area contributed by atoms with Gasteiger partial charge in [0.2, 0.25) is 0 Å². The molecule has 0 aliphatic carbocycles. The van der Waals surface area contributed by atoms with E-state index in [1.807, 2.05) is 6.07 Å². The van der Waals surface area contributed by atoms with E-state index in [-0.39, 0.29) is 0 Å². The van der Waals surface area contributed by atoms with Gasteiger partial charge in [-0.15, -0.1) is 0 Å². The Hall–Kier alpha value is -8.40. The van der Waals surface area contributed by atoms with Gasteiger partial charge in [-0.3, -0.25) is 0 Å². The summed E-state index contributed by atoms with van der Waals surface area (Å²) < 4.78 is 13.8. The minimum absolute atomic E-state index is 0.826. The van der Waals surface area contributed by atoms with E-state index in [2.05, 4.69) is 235 Å². The minimum atomic E-state index is 0.826. The predicted octanol–water partition coefficient (Wildman–Crippen LogP) is 17.3. The molecule has 0 amide bonds. The summed E-state index contributed by atoms with van der Waals surface area (Å²) in [6.07, 6.45) is 0. The first-order valence-electron chi connectivity index (χ1n) is 21.4. The van der Waals surface area contributed by atoms with Crippen LogP contribution in [-0.4, -0.2) is 0 Å². The van der Waals surface area contributed by atoms with Gasteiger partial charge >= 0.3 is 0 Å². The quantitative estimate of drug-likeness (QED) is 0.153. The molecule has 3 nitrogen and oxygen atoms in total. The van der Waals surface area contributed by atoms with Gasteiger partial charge in [-0.05, 0) is 111 Å². The number of nitrogens with zero attached hydrogens (tertiary/aromatic N) is 1. The van der Waals surface area contributed by atoms with E-state index in [9.17, 15) is 0 Å². The zero-order valence-corrected chi connectivity index (χ0v) is 34.3. The van der Waals surface area contributed by atoms with E-state index in [4.69, 9.17) is 8.83 Å². The van der Waals surface area contributed by atoms with Crippen LogP contribution >= 0.6 is 0 Å². The normalized spacial score (nSPS) is 11.5. The summed E-state index contributed by atoms with van der Waals surface area (Å²) in [6, 6.07) is 83.9. The maximum Gasteiger partial charge on any atom is 0.145 e. The minimum Gasteiger partial charge on any atom is -0.456 e. The van der Waals surface area contributed by atoms with Gasteiger partial charge in [0.1, 0.15) is 22.3 Å². The molecular weight excluding hydrogens is 767 g/mol. The molecule has 10 aromatic carbocycles. The van der Waals surface area contributed by atoms with Crippen LogP contribution in [0.2, 0.25) is 0 Å². The lowest BCUT2D eigenvalue weighted by Gasteiger charge is -2.27. The van der Waals surface area contributed by atoms with Gasteiger partial charge in [0.05, 0.1) is 11.1 Å². The van der Waals surface area contributed by atoms with Crippen LogP contribution in [0.25, 0.3) is 99.5 Å². The van der Waals surface area contributed by atoms with E-state index in [1.165, 1.54) is 11.1 Å². The Labute approximate surface area is 365 Å². The molecule has 0 saturated heterocycles. The SMILES string of the molecule is c1ccc(-c2ccc(-c3cccc(N(c4ccc5c(c4)oc4cc(-c6ccccc6)ccc45)c4ccc(-c5ccccc5)c5oc6cc(-c7ccccc7)ccc6c45)c3)cc2)cc1. The zero-order valence-electron chi connectivity index (χ0n) is 34.3. The average Bonchev–Trinajstić information content (AvgIpc) is 3.93. The molecule has 0 saturated carbocycles. The van der Waals surface area contributed by atoms with Crippen LogP contribution in [-0.2, 0) is 0 Å². The maximum atomic E-state index is 7.02. The van der Waals surface area contributed by atoms with Crippen molar-refractivity contribution in [3.63, 3.8) is 0 Å². The van der Waals surface area contributed by atoms with Crippen LogP contribution in [0.5, 0.6) is 0 Å². The van der Waals surface area contributed by atoms with Gasteiger partial charge in [-0.25, -0.2) is 0 Å². The zero-order chi connectivity index (χ0) is 41.7. The van der Waals surface area contributed by atoms with Gasteiger partial charge < -0.3 is 13.7 Å². The number of anilines is 3.